The molecule has 0 bridgehead atoms. The highest BCUT2D eigenvalue weighted by atomic mass is 16.2. The zero-order chi connectivity index (χ0) is 20.8. The van der Waals surface area contributed by atoms with E-state index in [1.165, 1.54) is 5.56 Å². The van der Waals surface area contributed by atoms with Gasteiger partial charge in [-0.15, -0.1) is 0 Å². The average Bonchev–Trinajstić information content (AvgIpc) is 3.08. The Morgan fingerprint density at radius 3 is 2.63 bits per heavy atom. The first kappa shape index (κ1) is 18.7. The summed E-state index contributed by atoms with van der Waals surface area (Å²) in [6.07, 6.45) is 3.29. The maximum atomic E-state index is 13.1. The van der Waals surface area contributed by atoms with Gasteiger partial charge in [0, 0.05) is 50.2 Å². The number of fused-ring (bicyclic) bond motifs is 2. The van der Waals surface area contributed by atoms with Gasteiger partial charge in [-0.25, -0.2) is 4.98 Å². The molecule has 0 atom stereocenters. The molecule has 0 aliphatic carbocycles. The third-order valence-corrected chi connectivity index (χ3v) is 6.14. The van der Waals surface area contributed by atoms with E-state index in [9.17, 15) is 9.59 Å². The summed E-state index contributed by atoms with van der Waals surface area (Å²) in [6, 6.07) is 10.2. The van der Waals surface area contributed by atoms with Crippen molar-refractivity contribution in [3.05, 3.63) is 59.0 Å². The second kappa shape index (κ2) is 7.16. The van der Waals surface area contributed by atoms with Gasteiger partial charge in [0.15, 0.2) is 0 Å². The van der Waals surface area contributed by atoms with E-state index in [0.717, 1.165) is 47.8 Å². The molecule has 1 N–H and O–H groups in total. The monoisotopic (exact) mass is 403 g/mol. The highest BCUT2D eigenvalue weighted by Crippen LogP contribution is 2.28. The molecule has 3 aromatic rings. The molecule has 7 nitrogen and oxygen atoms in total. The van der Waals surface area contributed by atoms with Crippen molar-refractivity contribution in [1.82, 2.24) is 14.3 Å². The predicted octanol–water partition coefficient (Wildman–Crippen LogP) is 2.80. The standard InChI is InChI=1S/C23H25N5O2/c1-15-7-8-28-16(2)22(25-20(28)13-15)23(30)27-11-9-26(10-12-27)18-4-5-19-17(14-18)3-6-21(29)24-19/h4-5,7-8,13-14H,3,6,9-12H2,1-2H3,(H,24,29). The normalized spacial score (nSPS) is 16.5. The minimum Gasteiger partial charge on any atom is -0.368 e. The molecular formula is C23H25N5O2. The van der Waals surface area contributed by atoms with Gasteiger partial charge in [0.1, 0.15) is 11.3 Å². The Balaban J connectivity index is 1.30. The van der Waals surface area contributed by atoms with E-state index in [0.29, 0.717) is 25.2 Å². The molecule has 1 aromatic carbocycles. The molecule has 0 spiro atoms. The van der Waals surface area contributed by atoms with Crippen LogP contribution in [0.25, 0.3) is 5.65 Å². The Hall–Kier alpha value is -3.35. The number of pyridine rings is 1. The van der Waals surface area contributed by atoms with Gasteiger partial charge in [0.2, 0.25) is 5.91 Å². The molecule has 0 radical (unpaired) electrons. The molecule has 1 fully saturated rings. The minimum absolute atomic E-state index is 0.00153. The first-order valence-corrected chi connectivity index (χ1v) is 10.4. The second-order valence-corrected chi connectivity index (χ2v) is 8.15. The number of amides is 2. The third kappa shape index (κ3) is 3.20. The number of carbonyl (C=O) groups is 2. The van der Waals surface area contributed by atoms with Gasteiger partial charge in [0.25, 0.3) is 5.91 Å². The molecule has 2 aliphatic rings. The lowest BCUT2D eigenvalue weighted by atomic mass is 10.0. The lowest BCUT2D eigenvalue weighted by Gasteiger charge is -2.36. The number of nitrogens with zero attached hydrogens (tertiary/aromatic N) is 4. The number of hydrogen-bond donors (Lipinski definition) is 1. The first-order chi connectivity index (χ1) is 14.5. The van der Waals surface area contributed by atoms with Crippen LogP contribution in [-0.2, 0) is 11.2 Å². The summed E-state index contributed by atoms with van der Waals surface area (Å²) < 4.78 is 1.97. The topological polar surface area (TPSA) is 70.0 Å². The van der Waals surface area contributed by atoms with Crippen molar-refractivity contribution >= 4 is 28.8 Å². The maximum absolute atomic E-state index is 13.1. The number of carbonyl (C=O) groups excluding carboxylic acids is 2. The molecule has 0 saturated carbocycles. The number of benzene rings is 1. The number of aryl methyl sites for hydroxylation is 3. The quantitative estimate of drug-likeness (QED) is 0.714. The fourth-order valence-corrected chi connectivity index (χ4v) is 4.36. The van der Waals surface area contributed by atoms with Crippen LogP contribution in [0.3, 0.4) is 0 Å². The van der Waals surface area contributed by atoms with Crippen molar-refractivity contribution in [3.8, 4) is 0 Å². The van der Waals surface area contributed by atoms with Crippen LogP contribution in [0.4, 0.5) is 11.4 Å². The number of rotatable bonds is 2. The smallest absolute Gasteiger partial charge is 0.274 e. The zero-order valence-corrected chi connectivity index (χ0v) is 17.3. The Labute approximate surface area is 175 Å². The van der Waals surface area contributed by atoms with E-state index in [1.807, 2.05) is 47.5 Å². The van der Waals surface area contributed by atoms with Crippen molar-refractivity contribution in [3.63, 3.8) is 0 Å². The van der Waals surface area contributed by atoms with Crippen LogP contribution in [0.2, 0.25) is 0 Å². The van der Waals surface area contributed by atoms with Gasteiger partial charge in [-0.05, 0) is 61.7 Å². The van der Waals surface area contributed by atoms with E-state index >= 15 is 0 Å². The van der Waals surface area contributed by atoms with E-state index in [2.05, 4.69) is 27.3 Å². The van der Waals surface area contributed by atoms with Crippen LogP contribution < -0.4 is 10.2 Å². The highest BCUT2D eigenvalue weighted by molar-refractivity contribution is 5.95. The average molecular weight is 403 g/mol. The number of imidazole rings is 1. The molecule has 154 valence electrons. The van der Waals surface area contributed by atoms with E-state index in [4.69, 9.17) is 0 Å². The lowest BCUT2D eigenvalue weighted by Crippen LogP contribution is -2.49. The molecule has 2 aliphatic heterocycles. The summed E-state index contributed by atoms with van der Waals surface area (Å²) in [5.41, 5.74) is 6.62. The van der Waals surface area contributed by atoms with E-state index < -0.39 is 0 Å². The molecular weight excluding hydrogens is 378 g/mol. The lowest BCUT2D eigenvalue weighted by molar-refractivity contribution is -0.116. The van der Waals surface area contributed by atoms with Crippen LogP contribution in [0.15, 0.2) is 36.5 Å². The Kier molecular flexibility index (Phi) is 4.46. The van der Waals surface area contributed by atoms with Crippen molar-refractivity contribution < 1.29 is 9.59 Å². The summed E-state index contributed by atoms with van der Waals surface area (Å²) in [5, 5.41) is 2.93. The highest BCUT2D eigenvalue weighted by Gasteiger charge is 2.26. The minimum atomic E-state index is 0.00153. The Bertz CT molecular complexity index is 1160. The molecule has 2 aromatic heterocycles. The summed E-state index contributed by atoms with van der Waals surface area (Å²) in [5.74, 6) is 0.0847. The van der Waals surface area contributed by atoms with Gasteiger partial charge in [-0.1, -0.05) is 0 Å². The SMILES string of the molecule is Cc1ccn2c(C)c(C(=O)N3CCN(c4ccc5c(c4)CCC(=O)N5)CC3)nc2c1. The largest absolute Gasteiger partial charge is 0.368 e. The van der Waals surface area contributed by atoms with E-state index in [1.54, 1.807) is 0 Å². The van der Waals surface area contributed by atoms with Crippen LogP contribution in [0.1, 0.15) is 33.7 Å². The number of piperazine rings is 1. The molecule has 2 amide bonds. The first-order valence-electron chi connectivity index (χ1n) is 10.4. The summed E-state index contributed by atoms with van der Waals surface area (Å²) in [6.45, 7) is 6.87. The Morgan fingerprint density at radius 2 is 1.83 bits per heavy atom. The van der Waals surface area contributed by atoms with Gasteiger partial charge in [-0.2, -0.15) is 0 Å². The van der Waals surface area contributed by atoms with Gasteiger partial charge < -0.3 is 19.5 Å². The van der Waals surface area contributed by atoms with Crippen molar-refractivity contribution in [1.29, 1.82) is 0 Å². The number of aromatic nitrogens is 2. The van der Waals surface area contributed by atoms with E-state index in [-0.39, 0.29) is 11.8 Å². The van der Waals surface area contributed by atoms with Crippen molar-refractivity contribution in [2.24, 2.45) is 0 Å². The molecule has 5 rings (SSSR count). The third-order valence-electron chi connectivity index (χ3n) is 6.14. The molecule has 7 heteroatoms. The molecule has 4 heterocycles. The van der Waals surface area contributed by atoms with Gasteiger partial charge in [-0.3, -0.25) is 9.59 Å². The zero-order valence-electron chi connectivity index (χ0n) is 17.3. The Morgan fingerprint density at radius 1 is 1.03 bits per heavy atom. The van der Waals surface area contributed by atoms with Crippen LogP contribution >= 0.6 is 0 Å². The predicted molar refractivity (Wildman–Crippen MR) is 116 cm³/mol. The summed E-state index contributed by atoms with van der Waals surface area (Å²) in [7, 11) is 0. The van der Waals surface area contributed by atoms with Crippen LogP contribution in [-0.4, -0.2) is 52.3 Å². The fourth-order valence-electron chi connectivity index (χ4n) is 4.36. The summed E-state index contributed by atoms with van der Waals surface area (Å²) in [4.78, 5) is 33.5. The van der Waals surface area contributed by atoms with Crippen molar-refractivity contribution in [2.75, 3.05) is 36.4 Å². The fraction of sp³-hybridized carbons (Fsp3) is 0.348. The molecule has 1 saturated heterocycles. The van der Waals surface area contributed by atoms with Crippen molar-refractivity contribution in [2.45, 2.75) is 26.7 Å². The van der Waals surface area contributed by atoms with Crippen LogP contribution in [0, 0.1) is 13.8 Å². The maximum Gasteiger partial charge on any atom is 0.274 e. The number of nitrogens with one attached hydrogen (secondary N) is 1. The molecule has 30 heavy (non-hydrogen) atoms. The second-order valence-electron chi connectivity index (χ2n) is 8.15. The summed E-state index contributed by atoms with van der Waals surface area (Å²) >= 11 is 0. The molecule has 0 unspecified atom stereocenters. The van der Waals surface area contributed by atoms with Gasteiger partial charge in [0.05, 0.1) is 5.69 Å². The van der Waals surface area contributed by atoms with Gasteiger partial charge >= 0.3 is 0 Å². The number of anilines is 2. The number of hydrogen-bond acceptors (Lipinski definition) is 4. The van der Waals surface area contributed by atoms with Crippen LogP contribution in [0.5, 0.6) is 0 Å².